The molecule has 0 aliphatic carbocycles. The lowest BCUT2D eigenvalue weighted by Crippen LogP contribution is -2.14. The maximum atomic E-state index is 5.29. The summed E-state index contributed by atoms with van der Waals surface area (Å²) in [5, 5.41) is 0. The Hall–Kier alpha value is -0.440. The molecule has 0 atom stereocenters. The van der Waals surface area contributed by atoms with Gasteiger partial charge in [-0.3, -0.25) is 0 Å². The van der Waals surface area contributed by atoms with Crippen LogP contribution >= 0.6 is 0 Å². The molecule has 0 heterocycles. The van der Waals surface area contributed by atoms with Crippen molar-refractivity contribution in [3.63, 3.8) is 0 Å². The van der Waals surface area contributed by atoms with E-state index in [1.165, 1.54) is 0 Å². The van der Waals surface area contributed by atoms with Crippen molar-refractivity contribution in [2.45, 2.75) is 6.92 Å². The first-order valence-electron chi connectivity index (χ1n) is 11.3. The Morgan fingerprint density at radius 2 is 0.625 bits per heavy atom. The van der Waals surface area contributed by atoms with Crippen LogP contribution in [0.15, 0.2) is 0 Å². The molecule has 0 aromatic heterocycles. The predicted molar refractivity (Wildman–Crippen MR) is 122 cm³/mol. The van der Waals surface area contributed by atoms with E-state index in [-0.39, 0.29) is 0 Å². The van der Waals surface area contributed by atoms with Crippen molar-refractivity contribution >= 4 is 0 Å². The molecule has 0 aliphatic heterocycles. The molecule has 0 saturated heterocycles. The van der Waals surface area contributed by atoms with Crippen molar-refractivity contribution in [3.8, 4) is 0 Å². The molecule has 0 unspecified atom stereocenters. The van der Waals surface area contributed by atoms with E-state index in [0.717, 1.165) is 6.61 Å². The number of methoxy groups -OCH3 is 1. The summed E-state index contributed by atoms with van der Waals surface area (Å²) in [6, 6.07) is 0. The molecule has 11 nitrogen and oxygen atoms in total. The number of ether oxygens (including phenoxy) is 9. The van der Waals surface area contributed by atoms with Crippen LogP contribution in [0.2, 0.25) is 0 Å². The van der Waals surface area contributed by atoms with Crippen LogP contribution in [0.25, 0.3) is 0 Å². The first kappa shape index (κ1) is 33.7. The van der Waals surface area contributed by atoms with Crippen molar-refractivity contribution in [1.29, 1.82) is 0 Å². The molecule has 0 rings (SSSR count). The number of rotatable bonds is 26. The fourth-order valence-electron chi connectivity index (χ4n) is 1.87. The summed E-state index contributed by atoms with van der Waals surface area (Å²) in [6.45, 7) is 13.3. The molecule has 0 aromatic rings. The Morgan fingerprint density at radius 1 is 0.375 bits per heavy atom. The second-order valence-corrected chi connectivity index (χ2v) is 6.05. The van der Waals surface area contributed by atoms with Crippen molar-refractivity contribution in [2.24, 2.45) is 11.5 Å². The van der Waals surface area contributed by atoms with Crippen molar-refractivity contribution in [1.82, 2.24) is 0 Å². The second kappa shape index (κ2) is 35.2. The smallest absolute Gasteiger partial charge is 0.0701 e. The molecule has 0 spiro atoms. The summed E-state index contributed by atoms with van der Waals surface area (Å²) < 4.78 is 46.5. The van der Waals surface area contributed by atoms with Crippen LogP contribution in [0.4, 0.5) is 0 Å². The van der Waals surface area contributed by atoms with Crippen molar-refractivity contribution in [3.05, 3.63) is 0 Å². The number of hydrogen-bond donors (Lipinski definition) is 2. The first-order chi connectivity index (χ1) is 15.8. The molecule has 0 fully saturated rings. The topological polar surface area (TPSA) is 135 Å². The average molecular weight is 473 g/mol. The SMILES string of the molecule is CCOCCOCCOCCOCCN.COCCOCCOCCOCCOCCN. The third-order valence-electron chi connectivity index (χ3n) is 3.39. The molecule has 0 radical (unpaired) electrons. The minimum absolute atomic E-state index is 0.548. The molecule has 32 heavy (non-hydrogen) atoms. The lowest BCUT2D eigenvalue weighted by molar-refractivity contribution is -0.00716. The Kier molecular flexibility index (Phi) is 37.1. The van der Waals surface area contributed by atoms with Crippen LogP contribution in [-0.2, 0) is 42.6 Å². The molecule has 0 aliphatic rings. The maximum absolute atomic E-state index is 5.29. The van der Waals surface area contributed by atoms with Crippen LogP contribution in [-0.4, -0.2) is 133 Å². The Labute approximate surface area is 194 Å². The van der Waals surface area contributed by atoms with E-state index < -0.39 is 0 Å². The van der Waals surface area contributed by atoms with Crippen molar-refractivity contribution < 1.29 is 42.6 Å². The van der Waals surface area contributed by atoms with Gasteiger partial charge >= 0.3 is 0 Å². The van der Waals surface area contributed by atoms with Crippen LogP contribution in [0, 0.1) is 0 Å². The van der Waals surface area contributed by atoms with Gasteiger partial charge in [0.05, 0.1) is 106 Å². The van der Waals surface area contributed by atoms with E-state index in [1.54, 1.807) is 7.11 Å². The highest BCUT2D eigenvalue weighted by atomic mass is 16.6. The second-order valence-electron chi connectivity index (χ2n) is 6.05. The molecule has 0 saturated carbocycles. The molecular formula is C21H48N2O9. The van der Waals surface area contributed by atoms with E-state index in [9.17, 15) is 0 Å². The average Bonchev–Trinajstić information content (AvgIpc) is 2.81. The Balaban J connectivity index is 0. The fourth-order valence-corrected chi connectivity index (χ4v) is 1.87. The summed E-state index contributed by atoms with van der Waals surface area (Å²) >= 11 is 0. The van der Waals surface area contributed by atoms with Gasteiger partial charge in [0.1, 0.15) is 0 Å². The molecule has 4 N–H and O–H groups in total. The molecule has 11 heteroatoms. The zero-order valence-corrected chi connectivity index (χ0v) is 20.3. The quantitative estimate of drug-likeness (QED) is 0.160. The highest BCUT2D eigenvalue weighted by Gasteiger charge is 1.92. The fraction of sp³-hybridized carbons (Fsp3) is 1.00. The van der Waals surface area contributed by atoms with Gasteiger partial charge < -0.3 is 54.1 Å². The van der Waals surface area contributed by atoms with Gasteiger partial charge in [-0.1, -0.05) is 0 Å². The van der Waals surface area contributed by atoms with Crippen molar-refractivity contribution in [2.75, 3.05) is 133 Å². The molecule has 0 bridgehead atoms. The van der Waals surface area contributed by atoms with Gasteiger partial charge in [0, 0.05) is 26.8 Å². The predicted octanol–water partition coefficient (Wildman–Crippen LogP) is -0.311. The van der Waals surface area contributed by atoms with Crippen LogP contribution in [0.3, 0.4) is 0 Å². The van der Waals surface area contributed by atoms with Gasteiger partial charge in [-0.15, -0.1) is 0 Å². The van der Waals surface area contributed by atoms with Crippen LogP contribution in [0.5, 0.6) is 0 Å². The normalized spacial score (nSPS) is 10.9. The molecule has 0 aromatic carbocycles. The lowest BCUT2D eigenvalue weighted by atomic mass is 10.7. The van der Waals surface area contributed by atoms with Gasteiger partial charge in [-0.2, -0.15) is 0 Å². The zero-order valence-electron chi connectivity index (χ0n) is 20.3. The summed E-state index contributed by atoms with van der Waals surface area (Å²) in [7, 11) is 1.65. The minimum atomic E-state index is 0.548. The molecule has 0 amide bonds. The summed E-state index contributed by atoms with van der Waals surface area (Å²) in [5.41, 5.74) is 10.5. The van der Waals surface area contributed by atoms with E-state index in [1.807, 2.05) is 6.92 Å². The van der Waals surface area contributed by atoms with E-state index >= 15 is 0 Å². The monoisotopic (exact) mass is 472 g/mol. The van der Waals surface area contributed by atoms with Crippen LogP contribution in [0.1, 0.15) is 6.92 Å². The van der Waals surface area contributed by atoms with Gasteiger partial charge in [-0.05, 0) is 6.92 Å². The summed E-state index contributed by atoms with van der Waals surface area (Å²) in [6.07, 6.45) is 0. The number of hydrogen-bond acceptors (Lipinski definition) is 11. The third-order valence-corrected chi connectivity index (χ3v) is 3.39. The Morgan fingerprint density at radius 3 is 0.875 bits per heavy atom. The summed E-state index contributed by atoms with van der Waals surface area (Å²) in [5.74, 6) is 0. The van der Waals surface area contributed by atoms with Gasteiger partial charge in [0.2, 0.25) is 0 Å². The molecule has 196 valence electrons. The van der Waals surface area contributed by atoms with E-state index in [0.29, 0.717) is 119 Å². The third kappa shape index (κ3) is 36.9. The summed E-state index contributed by atoms with van der Waals surface area (Å²) in [4.78, 5) is 0. The highest BCUT2D eigenvalue weighted by Crippen LogP contribution is 1.83. The lowest BCUT2D eigenvalue weighted by Gasteiger charge is -2.06. The number of nitrogens with two attached hydrogens (primary N) is 2. The van der Waals surface area contributed by atoms with E-state index in [2.05, 4.69) is 0 Å². The van der Waals surface area contributed by atoms with Gasteiger partial charge in [0.15, 0.2) is 0 Å². The highest BCUT2D eigenvalue weighted by molar-refractivity contribution is 4.36. The standard InChI is InChI=1S/C11H25NO5.C10H23NO4/c1-13-4-5-15-8-9-17-11-10-16-7-6-14-3-2-12;1-2-12-5-6-14-9-10-15-8-7-13-4-3-11/h2-12H2,1H3;2-11H2,1H3. The zero-order chi connectivity index (χ0) is 23.8. The van der Waals surface area contributed by atoms with Gasteiger partial charge in [0.25, 0.3) is 0 Å². The largest absolute Gasteiger partial charge is 0.382 e. The van der Waals surface area contributed by atoms with Gasteiger partial charge in [-0.25, -0.2) is 0 Å². The minimum Gasteiger partial charge on any atom is -0.382 e. The molecular weight excluding hydrogens is 424 g/mol. The maximum Gasteiger partial charge on any atom is 0.0701 e. The Bertz CT molecular complexity index is 280. The first-order valence-corrected chi connectivity index (χ1v) is 11.3. The van der Waals surface area contributed by atoms with E-state index in [4.69, 9.17) is 54.1 Å². The van der Waals surface area contributed by atoms with Crippen LogP contribution < -0.4 is 11.5 Å².